The Bertz CT molecular complexity index is 1550. The number of oxazole rings is 1. The maximum absolute atomic E-state index is 12.8. The Labute approximate surface area is 230 Å². The van der Waals surface area contributed by atoms with Gasteiger partial charge >= 0.3 is 0 Å². The zero-order valence-electron chi connectivity index (χ0n) is 19.2. The molecule has 0 aliphatic carbocycles. The summed E-state index contributed by atoms with van der Waals surface area (Å²) in [5.74, 6) is -0.184. The molecule has 1 amide bonds. The number of hydrogen-bond donors (Lipinski definition) is 2. The fraction of sp³-hybridized carbons (Fsp3) is 0.160. The van der Waals surface area contributed by atoms with E-state index in [4.69, 9.17) is 28.2 Å². The minimum absolute atomic E-state index is 0.0365. The average Bonchev–Trinajstić information content (AvgIpc) is 3.55. The second kappa shape index (κ2) is 10.4. The van der Waals surface area contributed by atoms with Crippen LogP contribution in [0.3, 0.4) is 0 Å². The number of halogens is 2. The van der Waals surface area contributed by atoms with Gasteiger partial charge in [0.2, 0.25) is 5.89 Å². The van der Waals surface area contributed by atoms with E-state index in [0.717, 1.165) is 30.4 Å². The number of hydrogen-bond acceptors (Lipinski definition) is 7. The molecular formula is C25H19BrClN5O4S. The standard InChI is InChI=1S/C25H19BrClN5O4S/c26-15-4-6-18(27)17(12-15)24-29-19-13-16(5-8-22(19)36-24)28-25(37)30-23(33)14-3-7-20(21(11-14)32(34)35)31-9-1-2-10-31/h3-8,11-13H,1-2,9-10H2,(H2,28,30,33,37). The molecule has 1 aliphatic rings. The highest BCUT2D eigenvalue weighted by molar-refractivity contribution is 9.10. The minimum Gasteiger partial charge on any atom is -0.436 e. The van der Waals surface area contributed by atoms with E-state index >= 15 is 0 Å². The Kier molecular flexibility index (Phi) is 7.09. The number of nitro groups is 1. The normalized spacial score (nSPS) is 13.1. The number of carbonyl (C=O) groups is 1. The van der Waals surface area contributed by atoms with Gasteiger partial charge in [0.05, 0.1) is 15.5 Å². The Morgan fingerprint density at radius 2 is 1.92 bits per heavy atom. The largest absolute Gasteiger partial charge is 0.436 e. The third-order valence-corrected chi connectivity index (χ3v) is 6.94. The second-order valence-corrected chi connectivity index (χ2v) is 10.1. The van der Waals surface area contributed by atoms with Gasteiger partial charge in [-0.05, 0) is 73.6 Å². The van der Waals surface area contributed by atoms with Crippen molar-refractivity contribution < 1.29 is 14.1 Å². The number of aromatic nitrogens is 1. The summed E-state index contributed by atoms with van der Waals surface area (Å²) in [6.45, 7) is 1.52. The van der Waals surface area contributed by atoms with Crippen LogP contribution in [0.1, 0.15) is 23.2 Å². The van der Waals surface area contributed by atoms with Crippen molar-refractivity contribution in [3.05, 3.63) is 79.8 Å². The first-order chi connectivity index (χ1) is 17.8. The second-order valence-electron chi connectivity index (χ2n) is 8.39. The number of anilines is 2. The molecule has 37 heavy (non-hydrogen) atoms. The van der Waals surface area contributed by atoms with E-state index in [1.54, 1.807) is 36.4 Å². The molecule has 0 unspecified atom stereocenters. The van der Waals surface area contributed by atoms with Crippen LogP contribution in [0.2, 0.25) is 5.02 Å². The third-order valence-electron chi connectivity index (χ3n) is 5.91. The van der Waals surface area contributed by atoms with Crippen molar-refractivity contribution in [3.8, 4) is 11.5 Å². The first kappa shape index (κ1) is 25.1. The average molecular weight is 601 g/mol. The van der Waals surface area contributed by atoms with Crippen molar-refractivity contribution in [1.82, 2.24) is 10.3 Å². The number of nitrogens with one attached hydrogen (secondary N) is 2. The molecule has 1 aromatic heterocycles. The Balaban J connectivity index is 1.30. The summed E-state index contributed by atoms with van der Waals surface area (Å²) < 4.78 is 6.69. The lowest BCUT2D eigenvalue weighted by Gasteiger charge is -2.18. The van der Waals surface area contributed by atoms with Gasteiger partial charge in [0.15, 0.2) is 10.7 Å². The summed E-state index contributed by atoms with van der Waals surface area (Å²) in [7, 11) is 0. The van der Waals surface area contributed by atoms with E-state index in [9.17, 15) is 14.9 Å². The van der Waals surface area contributed by atoms with Gasteiger partial charge in [-0.1, -0.05) is 27.5 Å². The molecule has 2 N–H and O–H groups in total. The summed E-state index contributed by atoms with van der Waals surface area (Å²) in [4.78, 5) is 30.4. The van der Waals surface area contributed by atoms with Crippen LogP contribution in [-0.2, 0) is 0 Å². The Hall–Kier alpha value is -3.54. The van der Waals surface area contributed by atoms with Gasteiger partial charge in [-0.3, -0.25) is 20.2 Å². The van der Waals surface area contributed by atoms with E-state index in [2.05, 4.69) is 31.5 Å². The highest BCUT2D eigenvalue weighted by atomic mass is 79.9. The smallest absolute Gasteiger partial charge is 0.293 e. The summed E-state index contributed by atoms with van der Waals surface area (Å²) >= 11 is 15.0. The SMILES string of the molecule is O=C(NC(=S)Nc1ccc2oc(-c3cc(Br)ccc3Cl)nc2c1)c1ccc(N2CCCC2)c([N+](=O)[O-])c1. The van der Waals surface area contributed by atoms with Gasteiger partial charge < -0.3 is 14.6 Å². The van der Waals surface area contributed by atoms with Crippen LogP contribution in [0.4, 0.5) is 17.1 Å². The van der Waals surface area contributed by atoms with Crippen molar-refractivity contribution >= 4 is 78.9 Å². The number of rotatable bonds is 5. The number of fused-ring (bicyclic) bond motifs is 1. The molecule has 1 aliphatic heterocycles. The lowest BCUT2D eigenvalue weighted by molar-refractivity contribution is -0.384. The summed E-state index contributed by atoms with van der Waals surface area (Å²) in [5, 5.41) is 17.7. The molecule has 9 nitrogen and oxygen atoms in total. The first-order valence-electron chi connectivity index (χ1n) is 11.3. The van der Waals surface area contributed by atoms with Gasteiger partial charge in [0.1, 0.15) is 11.2 Å². The van der Waals surface area contributed by atoms with E-state index < -0.39 is 10.8 Å². The number of thiocarbonyl (C=S) groups is 1. The summed E-state index contributed by atoms with van der Waals surface area (Å²) in [5.41, 5.74) is 2.90. The molecule has 12 heteroatoms. The van der Waals surface area contributed by atoms with Crippen molar-refractivity contribution in [2.24, 2.45) is 0 Å². The highest BCUT2D eigenvalue weighted by Gasteiger charge is 2.24. The monoisotopic (exact) mass is 599 g/mol. The van der Waals surface area contributed by atoms with E-state index in [-0.39, 0.29) is 16.4 Å². The van der Waals surface area contributed by atoms with Crippen molar-refractivity contribution in [3.63, 3.8) is 0 Å². The molecule has 2 heterocycles. The number of amides is 1. The topological polar surface area (TPSA) is 114 Å². The van der Waals surface area contributed by atoms with Gasteiger partial charge in [0, 0.05) is 34.9 Å². The number of nitro benzene ring substituents is 1. The lowest BCUT2D eigenvalue weighted by atomic mass is 10.1. The van der Waals surface area contributed by atoms with Gasteiger partial charge in [-0.25, -0.2) is 4.98 Å². The lowest BCUT2D eigenvalue weighted by Crippen LogP contribution is -2.34. The summed E-state index contributed by atoms with van der Waals surface area (Å²) in [6.07, 6.45) is 1.97. The maximum atomic E-state index is 12.8. The van der Waals surface area contributed by atoms with Crippen LogP contribution >= 0.6 is 39.7 Å². The van der Waals surface area contributed by atoms with Crippen molar-refractivity contribution in [1.29, 1.82) is 0 Å². The van der Waals surface area contributed by atoms with Crippen molar-refractivity contribution in [2.45, 2.75) is 12.8 Å². The van der Waals surface area contributed by atoms with E-state index in [1.807, 2.05) is 17.0 Å². The predicted octanol–water partition coefficient (Wildman–Crippen LogP) is 6.55. The summed E-state index contributed by atoms with van der Waals surface area (Å²) in [6, 6.07) is 15.0. The first-order valence-corrected chi connectivity index (χ1v) is 12.9. The number of benzene rings is 3. The van der Waals surface area contributed by atoms with Crippen LogP contribution in [0, 0.1) is 10.1 Å². The molecule has 4 aromatic rings. The van der Waals surface area contributed by atoms with Gasteiger partial charge in [-0.2, -0.15) is 0 Å². The molecule has 1 fully saturated rings. The highest BCUT2D eigenvalue weighted by Crippen LogP contribution is 2.33. The Morgan fingerprint density at radius 1 is 1.14 bits per heavy atom. The molecule has 1 saturated heterocycles. The van der Waals surface area contributed by atoms with Crippen LogP contribution < -0.4 is 15.5 Å². The Morgan fingerprint density at radius 3 is 2.68 bits per heavy atom. The van der Waals surface area contributed by atoms with Crippen LogP contribution in [0.15, 0.2) is 63.5 Å². The van der Waals surface area contributed by atoms with E-state index in [0.29, 0.717) is 39.0 Å². The number of carbonyl (C=O) groups excluding carboxylic acids is 1. The van der Waals surface area contributed by atoms with Crippen LogP contribution in [0.5, 0.6) is 0 Å². The zero-order valence-corrected chi connectivity index (χ0v) is 22.3. The fourth-order valence-corrected chi connectivity index (χ4v) is 4.93. The molecule has 0 saturated carbocycles. The van der Waals surface area contributed by atoms with Crippen LogP contribution in [0.25, 0.3) is 22.6 Å². The number of nitrogens with zero attached hydrogens (tertiary/aromatic N) is 3. The molecule has 0 bridgehead atoms. The molecule has 0 spiro atoms. The predicted molar refractivity (Wildman–Crippen MR) is 150 cm³/mol. The molecule has 188 valence electrons. The zero-order chi connectivity index (χ0) is 26.1. The molecular weight excluding hydrogens is 582 g/mol. The quantitative estimate of drug-likeness (QED) is 0.151. The maximum Gasteiger partial charge on any atom is 0.293 e. The third kappa shape index (κ3) is 5.43. The fourth-order valence-electron chi connectivity index (χ4n) is 4.16. The van der Waals surface area contributed by atoms with Gasteiger partial charge in [-0.15, -0.1) is 0 Å². The minimum atomic E-state index is -0.553. The van der Waals surface area contributed by atoms with Crippen molar-refractivity contribution in [2.75, 3.05) is 23.3 Å². The van der Waals surface area contributed by atoms with Crippen LogP contribution in [-0.4, -0.2) is 34.0 Å². The molecule has 5 rings (SSSR count). The molecule has 0 atom stereocenters. The van der Waals surface area contributed by atoms with Gasteiger partial charge in [0.25, 0.3) is 11.6 Å². The molecule has 0 radical (unpaired) electrons. The molecule has 3 aromatic carbocycles. The van der Waals surface area contributed by atoms with E-state index in [1.165, 1.54) is 6.07 Å².